The van der Waals surface area contributed by atoms with Gasteiger partial charge in [-0.05, 0) is 80.6 Å². The Morgan fingerprint density at radius 2 is 1.94 bits per heavy atom. The number of H-pyrrole nitrogens is 1. The first-order chi connectivity index (χ1) is 15.0. The quantitative estimate of drug-likeness (QED) is 0.449. The second-order valence-corrected chi connectivity index (χ2v) is 7.76. The minimum absolute atomic E-state index is 0.261. The molecule has 6 heteroatoms. The summed E-state index contributed by atoms with van der Waals surface area (Å²) in [6.07, 6.45) is 2.69. The number of amides is 1. The van der Waals surface area contributed by atoms with Crippen molar-refractivity contribution in [2.24, 2.45) is 0 Å². The number of aromatic nitrogens is 2. The molecular weight excluding hydrogens is 391 g/mol. The van der Waals surface area contributed by atoms with Gasteiger partial charge in [-0.1, -0.05) is 6.07 Å². The molecular formula is C25H25FN4O. The summed E-state index contributed by atoms with van der Waals surface area (Å²) < 4.78 is 13.1. The van der Waals surface area contributed by atoms with Crippen LogP contribution in [0.2, 0.25) is 0 Å². The van der Waals surface area contributed by atoms with Gasteiger partial charge in [-0.25, -0.2) is 4.39 Å². The van der Waals surface area contributed by atoms with Crippen LogP contribution in [0.25, 0.3) is 10.9 Å². The molecule has 2 N–H and O–H groups in total. The van der Waals surface area contributed by atoms with Gasteiger partial charge in [0, 0.05) is 47.1 Å². The normalized spacial score (nSPS) is 11.2. The van der Waals surface area contributed by atoms with Crippen molar-refractivity contribution in [1.82, 2.24) is 14.9 Å². The number of nitrogens with one attached hydrogen (secondary N) is 2. The Bertz CT molecular complexity index is 1190. The zero-order valence-corrected chi connectivity index (χ0v) is 17.7. The SMILES string of the molecule is Cc1[nH]c2ccc(NC(=O)c3ccc(F)cc3)cc2c1CCN(C)Cc1ccccn1. The minimum Gasteiger partial charge on any atom is -0.358 e. The van der Waals surface area contributed by atoms with Gasteiger partial charge in [-0.2, -0.15) is 0 Å². The third-order valence-electron chi connectivity index (χ3n) is 5.39. The van der Waals surface area contributed by atoms with Gasteiger partial charge in [0.1, 0.15) is 5.82 Å². The fourth-order valence-corrected chi connectivity index (χ4v) is 3.74. The fraction of sp³-hybridized carbons (Fsp3) is 0.200. The summed E-state index contributed by atoms with van der Waals surface area (Å²) in [7, 11) is 2.09. The van der Waals surface area contributed by atoms with Crippen molar-refractivity contribution >= 4 is 22.5 Å². The molecule has 0 aliphatic heterocycles. The van der Waals surface area contributed by atoms with E-state index in [1.54, 1.807) is 0 Å². The predicted octanol–water partition coefficient (Wildman–Crippen LogP) is 4.94. The molecule has 0 bridgehead atoms. The van der Waals surface area contributed by atoms with Gasteiger partial charge >= 0.3 is 0 Å². The lowest BCUT2D eigenvalue weighted by Crippen LogP contribution is -2.21. The van der Waals surface area contributed by atoms with Crippen molar-refractivity contribution in [3.8, 4) is 0 Å². The molecule has 5 nitrogen and oxygen atoms in total. The Balaban J connectivity index is 1.48. The first-order valence-electron chi connectivity index (χ1n) is 10.3. The Kier molecular flexibility index (Phi) is 6.09. The number of aromatic amines is 1. The highest BCUT2D eigenvalue weighted by Gasteiger charge is 2.12. The lowest BCUT2D eigenvalue weighted by Gasteiger charge is -2.16. The maximum Gasteiger partial charge on any atom is 0.255 e. The smallest absolute Gasteiger partial charge is 0.255 e. The summed E-state index contributed by atoms with van der Waals surface area (Å²) in [5, 5.41) is 4.01. The number of hydrogen-bond donors (Lipinski definition) is 2. The average Bonchev–Trinajstić information content (AvgIpc) is 3.07. The number of rotatable bonds is 7. The van der Waals surface area contributed by atoms with Crippen LogP contribution in [-0.4, -0.2) is 34.4 Å². The summed E-state index contributed by atoms with van der Waals surface area (Å²) in [6, 6.07) is 17.3. The predicted molar refractivity (Wildman–Crippen MR) is 122 cm³/mol. The molecule has 4 aromatic rings. The number of hydrogen-bond acceptors (Lipinski definition) is 3. The number of fused-ring (bicyclic) bond motifs is 1. The highest BCUT2D eigenvalue weighted by molar-refractivity contribution is 6.05. The van der Waals surface area contributed by atoms with E-state index in [-0.39, 0.29) is 11.7 Å². The number of nitrogens with zero attached hydrogens (tertiary/aromatic N) is 2. The number of carbonyl (C=O) groups is 1. The van der Waals surface area contributed by atoms with Crippen LogP contribution >= 0.6 is 0 Å². The van der Waals surface area contributed by atoms with Crippen molar-refractivity contribution < 1.29 is 9.18 Å². The number of anilines is 1. The Hall–Kier alpha value is -3.51. The second-order valence-electron chi connectivity index (χ2n) is 7.76. The lowest BCUT2D eigenvalue weighted by atomic mass is 10.1. The number of benzene rings is 2. The average molecular weight is 417 g/mol. The van der Waals surface area contributed by atoms with Gasteiger partial charge in [0.2, 0.25) is 0 Å². The molecule has 4 rings (SSSR count). The number of pyridine rings is 1. The molecule has 0 atom stereocenters. The molecule has 158 valence electrons. The lowest BCUT2D eigenvalue weighted by molar-refractivity contribution is 0.102. The van der Waals surface area contributed by atoms with E-state index in [0.29, 0.717) is 11.3 Å². The summed E-state index contributed by atoms with van der Waals surface area (Å²) in [5.41, 5.74) is 5.59. The van der Waals surface area contributed by atoms with Gasteiger partial charge in [0.25, 0.3) is 5.91 Å². The van der Waals surface area contributed by atoms with Gasteiger partial charge in [-0.3, -0.25) is 9.78 Å². The van der Waals surface area contributed by atoms with Crippen molar-refractivity contribution in [3.63, 3.8) is 0 Å². The monoisotopic (exact) mass is 416 g/mol. The van der Waals surface area contributed by atoms with Crippen LogP contribution in [0.1, 0.15) is 27.3 Å². The molecule has 2 heterocycles. The summed E-state index contributed by atoms with van der Waals surface area (Å²) in [6.45, 7) is 3.75. The molecule has 0 fully saturated rings. The number of aryl methyl sites for hydroxylation is 1. The topological polar surface area (TPSA) is 61.0 Å². The van der Waals surface area contributed by atoms with Gasteiger partial charge in [0.15, 0.2) is 0 Å². The standard InChI is InChI=1S/C25H25FN4O/c1-17-22(12-14-30(2)16-21-5-3-4-13-27-21)23-15-20(10-11-24(23)28-17)29-25(31)18-6-8-19(26)9-7-18/h3-11,13,15,28H,12,14,16H2,1-2H3,(H,29,31). The van der Waals surface area contributed by atoms with Crippen LogP contribution in [0.3, 0.4) is 0 Å². The van der Waals surface area contributed by atoms with Crippen LogP contribution < -0.4 is 5.32 Å². The zero-order chi connectivity index (χ0) is 21.8. The van der Waals surface area contributed by atoms with E-state index in [4.69, 9.17) is 0 Å². The summed E-state index contributed by atoms with van der Waals surface area (Å²) >= 11 is 0. The molecule has 0 saturated heterocycles. The van der Waals surface area contributed by atoms with E-state index in [1.807, 2.05) is 42.6 Å². The fourth-order valence-electron chi connectivity index (χ4n) is 3.74. The van der Waals surface area contributed by atoms with E-state index in [2.05, 4.69) is 34.2 Å². The van der Waals surface area contributed by atoms with Crippen LogP contribution in [0.5, 0.6) is 0 Å². The van der Waals surface area contributed by atoms with Crippen LogP contribution in [0, 0.1) is 12.7 Å². The van der Waals surface area contributed by atoms with Crippen LogP contribution in [0.15, 0.2) is 66.9 Å². The third-order valence-corrected chi connectivity index (χ3v) is 5.39. The Morgan fingerprint density at radius 1 is 1.13 bits per heavy atom. The van der Waals surface area contributed by atoms with Gasteiger partial charge < -0.3 is 15.2 Å². The number of halogens is 1. The molecule has 2 aromatic heterocycles. The molecule has 2 aromatic carbocycles. The van der Waals surface area contributed by atoms with E-state index >= 15 is 0 Å². The molecule has 31 heavy (non-hydrogen) atoms. The maximum absolute atomic E-state index is 13.1. The van der Waals surface area contributed by atoms with E-state index in [0.717, 1.165) is 41.8 Å². The Morgan fingerprint density at radius 3 is 2.68 bits per heavy atom. The van der Waals surface area contributed by atoms with Crippen molar-refractivity contribution in [2.45, 2.75) is 19.9 Å². The van der Waals surface area contributed by atoms with E-state index in [9.17, 15) is 9.18 Å². The molecule has 0 aliphatic rings. The molecule has 0 saturated carbocycles. The first-order valence-corrected chi connectivity index (χ1v) is 10.3. The number of carbonyl (C=O) groups excluding carboxylic acids is 1. The van der Waals surface area contributed by atoms with Crippen molar-refractivity contribution in [1.29, 1.82) is 0 Å². The molecule has 0 radical (unpaired) electrons. The molecule has 1 amide bonds. The highest BCUT2D eigenvalue weighted by Crippen LogP contribution is 2.26. The van der Waals surface area contributed by atoms with Gasteiger partial charge in [-0.15, -0.1) is 0 Å². The van der Waals surface area contributed by atoms with Gasteiger partial charge in [0.05, 0.1) is 5.69 Å². The minimum atomic E-state index is -0.363. The molecule has 0 aliphatic carbocycles. The van der Waals surface area contributed by atoms with E-state index in [1.165, 1.54) is 29.8 Å². The van der Waals surface area contributed by atoms with E-state index < -0.39 is 0 Å². The third kappa shape index (κ3) is 4.98. The van der Waals surface area contributed by atoms with Crippen molar-refractivity contribution in [3.05, 3.63) is 95.2 Å². The number of likely N-dealkylation sites (N-methyl/N-ethyl adjacent to an activating group) is 1. The second kappa shape index (κ2) is 9.10. The zero-order valence-electron chi connectivity index (χ0n) is 17.7. The van der Waals surface area contributed by atoms with Crippen LogP contribution in [-0.2, 0) is 13.0 Å². The largest absolute Gasteiger partial charge is 0.358 e. The maximum atomic E-state index is 13.1. The summed E-state index contributed by atoms with van der Waals surface area (Å²) in [4.78, 5) is 22.6. The van der Waals surface area contributed by atoms with Crippen LogP contribution in [0.4, 0.5) is 10.1 Å². The molecule has 0 spiro atoms. The summed E-state index contributed by atoms with van der Waals surface area (Å²) in [5.74, 6) is -0.623. The molecule has 0 unspecified atom stereocenters. The van der Waals surface area contributed by atoms with Crippen molar-refractivity contribution in [2.75, 3.05) is 18.9 Å². The highest BCUT2D eigenvalue weighted by atomic mass is 19.1. The Labute approximate surface area is 180 Å². The first kappa shape index (κ1) is 20.8.